The zero-order valence-electron chi connectivity index (χ0n) is 12.5. The molecule has 0 bridgehead atoms. The van der Waals surface area contributed by atoms with Gasteiger partial charge in [0.25, 0.3) is 0 Å². The van der Waals surface area contributed by atoms with Gasteiger partial charge >= 0.3 is 6.01 Å². The average Bonchev–Trinajstić information content (AvgIpc) is 2.55. The van der Waals surface area contributed by atoms with Crippen LogP contribution in [0.2, 0.25) is 0 Å². The van der Waals surface area contributed by atoms with E-state index in [-0.39, 0.29) is 11.6 Å². The summed E-state index contributed by atoms with van der Waals surface area (Å²) in [6.07, 6.45) is 1.43. The largest absolute Gasteiger partial charge is 0.461 e. The number of anilines is 2. The molecule has 7 nitrogen and oxygen atoms in total. The molecule has 0 aliphatic carbocycles. The molecule has 2 rings (SSSR count). The summed E-state index contributed by atoms with van der Waals surface area (Å²) in [6, 6.07) is 6.32. The Hall–Kier alpha value is -2.92. The minimum Gasteiger partial charge on any atom is -0.461 e. The van der Waals surface area contributed by atoms with Gasteiger partial charge in [-0.25, -0.2) is 9.37 Å². The maximum atomic E-state index is 13.6. The van der Waals surface area contributed by atoms with E-state index in [4.69, 9.17) is 20.5 Å². The first-order valence-corrected chi connectivity index (χ1v) is 6.80. The highest BCUT2D eigenvalue weighted by Crippen LogP contribution is 2.18. The Balaban J connectivity index is 2.03. The molecule has 1 aromatic carbocycles. The number of aromatic nitrogens is 2. The molecule has 0 aliphatic heterocycles. The van der Waals surface area contributed by atoms with Crippen LogP contribution < -0.4 is 15.8 Å². The molecule has 0 unspecified atom stereocenters. The van der Waals surface area contributed by atoms with E-state index in [1.54, 1.807) is 19.2 Å². The Bertz CT molecular complexity index is 717. The monoisotopic (exact) mass is 317 g/mol. The number of nitrogens with zero attached hydrogens (tertiary/aromatic N) is 3. The molecule has 0 saturated carbocycles. The van der Waals surface area contributed by atoms with E-state index in [9.17, 15) is 4.39 Å². The lowest BCUT2D eigenvalue weighted by Crippen LogP contribution is -2.10. The summed E-state index contributed by atoms with van der Waals surface area (Å²) < 4.78 is 23.7. The molecule has 120 valence electrons. The number of nitrogens with one attached hydrogen (secondary N) is 1. The number of methoxy groups -OCH3 is 1. The van der Waals surface area contributed by atoms with E-state index in [1.165, 1.54) is 18.3 Å². The maximum absolute atomic E-state index is 13.6. The van der Waals surface area contributed by atoms with E-state index in [1.807, 2.05) is 0 Å². The molecular weight excluding hydrogens is 301 g/mol. The van der Waals surface area contributed by atoms with Gasteiger partial charge in [-0.1, -0.05) is 6.07 Å². The van der Waals surface area contributed by atoms with Crippen LogP contribution in [0, 0.1) is 17.1 Å². The van der Waals surface area contributed by atoms with Crippen molar-refractivity contribution in [3.63, 3.8) is 0 Å². The fraction of sp³-hybridized carbons (Fsp3) is 0.267. The SMILES string of the molecule is COCCOc1ncc(N)c(NCc2ccc(C#N)c(F)c2)n1. The van der Waals surface area contributed by atoms with Crippen LogP contribution in [0.25, 0.3) is 0 Å². The quantitative estimate of drug-likeness (QED) is 0.749. The predicted octanol–water partition coefficient (Wildman–Crippen LogP) is 1.71. The summed E-state index contributed by atoms with van der Waals surface area (Å²) in [5.41, 5.74) is 6.80. The molecule has 0 aliphatic rings. The zero-order valence-corrected chi connectivity index (χ0v) is 12.5. The summed E-state index contributed by atoms with van der Waals surface area (Å²) in [5, 5.41) is 11.7. The molecule has 0 saturated heterocycles. The van der Waals surface area contributed by atoms with Crippen molar-refractivity contribution in [3.8, 4) is 12.1 Å². The van der Waals surface area contributed by atoms with Crippen molar-refractivity contribution in [2.24, 2.45) is 0 Å². The van der Waals surface area contributed by atoms with Crippen molar-refractivity contribution in [2.75, 3.05) is 31.4 Å². The van der Waals surface area contributed by atoms with Gasteiger partial charge in [0.1, 0.15) is 18.5 Å². The summed E-state index contributed by atoms with van der Waals surface area (Å²) in [5.74, 6) is -0.178. The molecule has 1 heterocycles. The number of ether oxygens (including phenoxy) is 2. The fourth-order valence-electron chi connectivity index (χ4n) is 1.75. The van der Waals surface area contributed by atoms with Gasteiger partial charge in [-0.15, -0.1) is 0 Å². The lowest BCUT2D eigenvalue weighted by Gasteiger charge is -2.10. The molecule has 1 aromatic heterocycles. The summed E-state index contributed by atoms with van der Waals surface area (Å²) in [6.45, 7) is 1.03. The number of halogens is 1. The lowest BCUT2D eigenvalue weighted by molar-refractivity contribution is 0.141. The van der Waals surface area contributed by atoms with Gasteiger partial charge in [0, 0.05) is 13.7 Å². The Labute approximate surface area is 132 Å². The summed E-state index contributed by atoms with van der Waals surface area (Å²) >= 11 is 0. The van der Waals surface area contributed by atoms with Crippen molar-refractivity contribution in [2.45, 2.75) is 6.54 Å². The summed E-state index contributed by atoms with van der Waals surface area (Å²) in [4.78, 5) is 8.10. The first-order valence-electron chi connectivity index (χ1n) is 6.80. The first kappa shape index (κ1) is 16.5. The second-order valence-corrected chi connectivity index (χ2v) is 4.58. The molecular formula is C15H16FN5O2. The van der Waals surface area contributed by atoms with Gasteiger partial charge < -0.3 is 20.5 Å². The van der Waals surface area contributed by atoms with Crippen molar-refractivity contribution in [1.82, 2.24) is 9.97 Å². The maximum Gasteiger partial charge on any atom is 0.318 e. The van der Waals surface area contributed by atoms with Crippen molar-refractivity contribution < 1.29 is 13.9 Å². The van der Waals surface area contributed by atoms with Crippen molar-refractivity contribution in [3.05, 3.63) is 41.3 Å². The predicted molar refractivity (Wildman–Crippen MR) is 82.3 cm³/mol. The topological polar surface area (TPSA) is 106 Å². The number of nitrogen functional groups attached to an aromatic ring is 1. The Morgan fingerprint density at radius 2 is 2.22 bits per heavy atom. The molecule has 0 fully saturated rings. The van der Waals surface area contributed by atoms with Crippen LogP contribution in [0.15, 0.2) is 24.4 Å². The van der Waals surface area contributed by atoms with Crippen LogP contribution in [0.3, 0.4) is 0 Å². The highest BCUT2D eigenvalue weighted by Gasteiger charge is 2.07. The third-order valence-electron chi connectivity index (χ3n) is 2.93. The Morgan fingerprint density at radius 1 is 1.39 bits per heavy atom. The molecule has 8 heteroatoms. The van der Waals surface area contributed by atoms with Crippen LogP contribution in [0.1, 0.15) is 11.1 Å². The molecule has 0 atom stereocenters. The highest BCUT2D eigenvalue weighted by molar-refractivity contribution is 5.60. The smallest absolute Gasteiger partial charge is 0.318 e. The lowest BCUT2D eigenvalue weighted by atomic mass is 10.1. The van der Waals surface area contributed by atoms with Gasteiger partial charge in [0.05, 0.1) is 24.1 Å². The van der Waals surface area contributed by atoms with Gasteiger partial charge in [-0.05, 0) is 17.7 Å². The summed E-state index contributed by atoms with van der Waals surface area (Å²) in [7, 11) is 1.57. The fourth-order valence-corrected chi connectivity index (χ4v) is 1.75. The van der Waals surface area contributed by atoms with E-state index in [2.05, 4.69) is 15.3 Å². The number of hydrogen-bond acceptors (Lipinski definition) is 7. The molecule has 0 amide bonds. The van der Waals surface area contributed by atoms with Gasteiger partial charge in [-0.3, -0.25) is 0 Å². The zero-order chi connectivity index (χ0) is 16.7. The van der Waals surface area contributed by atoms with E-state index in [0.717, 1.165) is 0 Å². The number of rotatable bonds is 7. The van der Waals surface area contributed by atoms with Crippen LogP contribution >= 0.6 is 0 Å². The third-order valence-corrected chi connectivity index (χ3v) is 2.93. The van der Waals surface area contributed by atoms with Gasteiger partial charge in [0.15, 0.2) is 5.82 Å². The van der Waals surface area contributed by atoms with Crippen LogP contribution in [0.5, 0.6) is 6.01 Å². The molecule has 2 aromatic rings. The normalized spacial score (nSPS) is 10.1. The van der Waals surface area contributed by atoms with Crippen LogP contribution in [0.4, 0.5) is 15.9 Å². The number of hydrogen-bond donors (Lipinski definition) is 2. The van der Waals surface area contributed by atoms with Crippen molar-refractivity contribution >= 4 is 11.5 Å². The highest BCUT2D eigenvalue weighted by atomic mass is 19.1. The van der Waals surface area contributed by atoms with E-state index in [0.29, 0.717) is 36.8 Å². The second kappa shape index (κ2) is 7.91. The van der Waals surface area contributed by atoms with E-state index >= 15 is 0 Å². The first-order chi connectivity index (χ1) is 11.1. The molecule has 0 spiro atoms. The Kier molecular flexibility index (Phi) is 5.66. The third kappa shape index (κ3) is 4.52. The van der Waals surface area contributed by atoms with Crippen LogP contribution in [-0.2, 0) is 11.3 Å². The standard InChI is InChI=1S/C15H16FN5O2/c1-22-4-5-23-15-20-9-13(18)14(21-15)19-8-10-2-3-11(7-17)12(16)6-10/h2-3,6,9H,4-5,8,18H2,1H3,(H,19,20,21). The Morgan fingerprint density at radius 3 is 2.91 bits per heavy atom. The van der Waals surface area contributed by atoms with Gasteiger partial charge in [-0.2, -0.15) is 10.2 Å². The van der Waals surface area contributed by atoms with Gasteiger partial charge in [0.2, 0.25) is 0 Å². The number of benzene rings is 1. The molecule has 23 heavy (non-hydrogen) atoms. The number of nitrogens with two attached hydrogens (primary N) is 1. The average molecular weight is 317 g/mol. The molecule has 3 N–H and O–H groups in total. The minimum absolute atomic E-state index is 0.00382. The minimum atomic E-state index is -0.564. The molecule has 0 radical (unpaired) electrons. The number of nitriles is 1. The second-order valence-electron chi connectivity index (χ2n) is 4.58. The van der Waals surface area contributed by atoms with E-state index < -0.39 is 5.82 Å². The van der Waals surface area contributed by atoms with Crippen molar-refractivity contribution in [1.29, 1.82) is 5.26 Å². The van der Waals surface area contributed by atoms with Crippen LogP contribution in [-0.4, -0.2) is 30.3 Å².